The largest absolute Gasteiger partial charge is 0.377 e. The number of nitrogens with one attached hydrogen (secondary N) is 1. The molecule has 0 aliphatic carbocycles. The molecule has 1 fully saturated rings. The van der Waals surface area contributed by atoms with Crippen LogP contribution in [0.25, 0.3) is 0 Å². The summed E-state index contributed by atoms with van der Waals surface area (Å²) in [6.45, 7) is 7.21. The summed E-state index contributed by atoms with van der Waals surface area (Å²) in [4.78, 5) is 4.49. The van der Waals surface area contributed by atoms with Crippen LogP contribution < -0.4 is 5.32 Å². The van der Waals surface area contributed by atoms with E-state index in [0.29, 0.717) is 18.2 Å². The summed E-state index contributed by atoms with van der Waals surface area (Å²) in [5.74, 6) is 0. The van der Waals surface area contributed by atoms with Crippen LogP contribution in [0.15, 0.2) is 5.38 Å². The Kier molecular flexibility index (Phi) is 3.38. The van der Waals surface area contributed by atoms with Crippen molar-refractivity contribution in [1.29, 1.82) is 0 Å². The predicted octanol–water partition coefficient (Wildman–Crippen LogP) is 2.28. The average molecular weight is 226 g/mol. The van der Waals surface area contributed by atoms with Crippen LogP contribution in [-0.2, 0) is 4.74 Å². The smallest absolute Gasteiger partial charge is 0.110 e. The second-order valence-corrected chi connectivity index (χ2v) is 5.08. The van der Waals surface area contributed by atoms with E-state index < -0.39 is 0 Å². The summed E-state index contributed by atoms with van der Waals surface area (Å²) in [6, 6.07) is 0.807. The third kappa shape index (κ3) is 2.56. The molecule has 0 bridgehead atoms. The molecule has 1 N–H and O–H groups in total. The van der Waals surface area contributed by atoms with Crippen molar-refractivity contribution in [3.63, 3.8) is 0 Å². The van der Waals surface area contributed by atoms with Crippen molar-refractivity contribution in [2.75, 3.05) is 6.61 Å². The van der Waals surface area contributed by atoms with Crippen LogP contribution in [0.4, 0.5) is 0 Å². The maximum Gasteiger partial charge on any atom is 0.110 e. The summed E-state index contributed by atoms with van der Waals surface area (Å²) >= 11 is 1.73. The van der Waals surface area contributed by atoms with Gasteiger partial charge in [-0.15, -0.1) is 11.3 Å². The molecule has 2 heterocycles. The second kappa shape index (κ2) is 4.60. The van der Waals surface area contributed by atoms with E-state index in [9.17, 15) is 0 Å². The molecule has 3 nitrogen and oxygen atoms in total. The zero-order chi connectivity index (χ0) is 10.8. The lowest BCUT2D eigenvalue weighted by Gasteiger charge is -2.20. The van der Waals surface area contributed by atoms with Gasteiger partial charge in [-0.1, -0.05) is 0 Å². The number of rotatable bonds is 3. The summed E-state index contributed by atoms with van der Waals surface area (Å²) in [5, 5.41) is 6.85. The molecule has 2 rings (SSSR count). The Labute approximate surface area is 94.9 Å². The molecular weight excluding hydrogens is 208 g/mol. The molecule has 15 heavy (non-hydrogen) atoms. The van der Waals surface area contributed by atoms with Gasteiger partial charge in [0.1, 0.15) is 5.01 Å². The van der Waals surface area contributed by atoms with Gasteiger partial charge in [-0.2, -0.15) is 0 Å². The van der Waals surface area contributed by atoms with Crippen molar-refractivity contribution in [2.45, 2.75) is 45.4 Å². The number of aromatic nitrogens is 1. The van der Waals surface area contributed by atoms with Gasteiger partial charge in [-0.3, -0.25) is 0 Å². The molecule has 3 unspecified atom stereocenters. The van der Waals surface area contributed by atoms with Gasteiger partial charge < -0.3 is 10.1 Å². The highest BCUT2D eigenvalue weighted by Crippen LogP contribution is 2.21. The van der Waals surface area contributed by atoms with Gasteiger partial charge in [0, 0.05) is 23.7 Å². The number of aryl methyl sites for hydroxylation is 1. The van der Waals surface area contributed by atoms with Crippen LogP contribution in [0.1, 0.15) is 37.0 Å². The lowest BCUT2D eigenvalue weighted by atomic mass is 10.1. The normalized spacial score (nSPS) is 28.2. The number of hydrogen-bond acceptors (Lipinski definition) is 4. The fourth-order valence-electron chi connectivity index (χ4n) is 1.91. The first-order valence-corrected chi connectivity index (χ1v) is 6.34. The lowest BCUT2D eigenvalue weighted by Crippen LogP contribution is -2.36. The summed E-state index contributed by atoms with van der Waals surface area (Å²) in [7, 11) is 0. The molecule has 1 saturated heterocycles. The molecule has 1 aromatic rings. The van der Waals surface area contributed by atoms with Crippen LogP contribution in [0.5, 0.6) is 0 Å². The molecule has 1 aromatic heterocycles. The van der Waals surface area contributed by atoms with Crippen molar-refractivity contribution >= 4 is 11.3 Å². The van der Waals surface area contributed by atoms with Crippen LogP contribution in [0.3, 0.4) is 0 Å². The van der Waals surface area contributed by atoms with E-state index in [2.05, 4.69) is 29.5 Å². The lowest BCUT2D eigenvalue weighted by molar-refractivity contribution is 0.111. The fraction of sp³-hybridized carbons (Fsp3) is 0.727. The van der Waals surface area contributed by atoms with E-state index in [-0.39, 0.29) is 0 Å². The first kappa shape index (κ1) is 11.0. The topological polar surface area (TPSA) is 34.1 Å². The van der Waals surface area contributed by atoms with Crippen LogP contribution >= 0.6 is 11.3 Å². The van der Waals surface area contributed by atoms with Crippen LogP contribution in [0, 0.1) is 6.92 Å². The zero-order valence-corrected chi connectivity index (χ0v) is 10.3. The summed E-state index contributed by atoms with van der Waals surface area (Å²) < 4.78 is 5.53. The van der Waals surface area contributed by atoms with E-state index in [0.717, 1.165) is 18.7 Å². The highest BCUT2D eigenvalue weighted by molar-refractivity contribution is 7.09. The molecular formula is C11H18N2OS. The Morgan fingerprint density at radius 3 is 3.00 bits per heavy atom. The molecule has 1 aliphatic rings. The molecule has 0 aromatic carbocycles. The molecule has 0 radical (unpaired) electrons. The highest BCUT2D eigenvalue weighted by atomic mass is 32.1. The van der Waals surface area contributed by atoms with Crippen molar-refractivity contribution in [3.05, 3.63) is 16.1 Å². The van der Waals surface area contributed by atoms with Crippen LogP contribution in [0.2, 0.25) is 0 Å². The summed E-state index contributed by atoms with van der Waals surface area (Å²) in [6.07, 6.45) is 1.43. The molecule has 0 spiro atoms. The van der Waals surface area contributed by atoms with Crippen molar-refractivity contribution in [2.24, 2.45) is 0 Å². The standard InChI is InChI=1S/C11H18N2OS/c1-7-6-15-11(12-7)8(2)13-10-4-5-14-9(10)3/h6,8-10,13H,4-5H2,1-3H3. The van der Waals surface area contributed by atoms with Crippen molar-refractivity contribution in [1.82, 2.24) is 10.3 Å². The number of ether oxygens (including phenoxy) is 1. The van der Waals surface area contributed by atoms with E-state index >= 15 is 0 Å². The van der Waals surface area contributed by atoms with Gasteiger partial charge in [0.05, 0.1) is 12.1 Å². The predicted molar refractivity (Wildman–Crippen MR) is 62.2 cm³/mol. The van der Waals surface area contributed by atoms with E-state index in [1.54, 1.807) is 11.3 Å². The van der Waals surface area contributed by atoms with Gasteiger partial charge in [0.2, 0.25) is 0 Å². The molecule has 0 amide bonds. The Balaban J connectivity index is 1.94. The third-order valence-corrected chi connectivity index (χ3v) is 3.99. The Bertz CT molecular complexity index is 326. The van der Waals surface area contributed by atoms with Gasteiger partial charge in [-0.25, -0.2) is 4.98 Å². The first-order valence-electron chi connectivity index (χ1n) is 5.46. The maximum absolute atomic E-state index is 5.53. The minimum Gasteiger partial charge on any atom is -0.377 e. The molecule has 1 aliphatic heterocycles. The van der Waals surface area contributed by atoms with Gasteiger partial charge >= 0.3 is 0 Å². The highest BCUT2D eigenvalue weighted by Gasteiger charge is 2.26. The van der Waals surface area contributed by atoms with E-state index in [4.69, 9.17) is 4.74 Å². The third-order valence-electron chi connectivity index (χ3n) is 2.85. The monoisotopic (exact) mass is 226 g/mol. The zero-order valence-electron chi connectivity index (χ0n) is 9.49. The number of thiazole rings is 1. The quantitative estimate of drug-likeness (QED) is 0.858. The SMILES string of the molecule is Cc1csc(C(C)NC2CCOC2C)n1. The van der Waals surface area contributed by atoms with Gasteiger partial charge in [-0.05, 0) is 27.2 Å². The average Bonchev–Trinajstić information content (AvgIpc) is 2.77. The summed E-state index contributed by atoms with van der Waals surface area (Å²) in [5.41, 5.74) is 1.11. The van der Waals surface area contributed by atoms with E-state index in [1.165, 1.54) is 5.01 Å². The Morgan fingerprint density at radius 2 is 2.47 bits per heavy atom. The first-order chi connectivity index (χ1) is 7.16. The number of hydrogen-bond donors (Lipinski definition) is 1. The van der Waals surface area contributed by atoms with Crippen molar-refractivity contribution < 1.29 is 4.74 Å². The molecule has 4 heteroatoms. The molecule has 0 saturated carbocycles. The van der Waals surface area contributed by atoms with Gasteiger partial charge in [0.25, 0.3) is 0 Å². The molecule has 84 valence electrons. The Morgan fingerprint density at radius 1 is 1.67 bits per heavy atom. The maximum atomic E-state index is 5.53. The fourth-order valence-corrected chi connectivity index (χ4v) is 2.73. The van der Waals surface area contributed by atoms with E-state index in [1.807, 2.05) is 6.92 Å². The van der Waals surface area contributed by atoms with Crippen molar-refractivity contribution in [3.8, 4) is 0 Å². The molecule has 3 atom stereocenters. The van der Waals surface area contributed by atoms with Crippen LogP contribution in [-0.4, -0.2) is 23.7 Å². The second-order valence-electron chi connectivity index (χ2n) is 4.19. The minimum absolute atomic E-state index is 0.327. The Hall–Kier alpha value is -0.450. The number of nitrogens with zero attached hydrogens (tertiary/aromatic N) is 1. The van der Waals surface area contributed by atoms with Gasteiger partial charge in [0.15, 0.2) is 0 Å². The minimum atomic E-state index is 0.327.